The number of alkyl halides is 2. The van der Waals surface area contributed by atoms with E-state index in [9.17, 15) is 13.9 Å². The zero-order chi connectivity index (χ0) is 11.6. The van der Waals surface area contributed by atoms with Gasteiger partial charge in [-0.25, -0.2) is 0 Å². The molecule has 0 radical (unpaired) electrons. The smallest absolute Gasteiger partial charge is 0.285 e. The number of phenols is 2. The van der Waals surface area contributed by atoms with Crippen molar-refractivity contribution < 1.29 is 23.7 Å². The Kier molecular flexibility index (Phi) is 2.99. The summed E-state index contributed by atoms with van der Waals surface area (Å²) in [6, 6.07) is 1.69. The number of nitrogens with two attached hydrogens (primary N) is 1. The molecule has 1 aromatic carbocycles. The van der Waals surface area contributed by atoms with Crippen molar-refractivity contribution in [1.82, 2.24) is 0 Å². The molecule has 0 aliphatic heterocycles. The van der Waals surface area contributed by atoms with Crippen LogP contribution in [0.1, 0.15) is 5.56 Å². The van der Waals surface area contributed by atoms with E-state index in [1.54, 1.807) is 0 Å². The van der Waals surface area contributed by atoms with Gasteiger partial charge in [0.15, 0.2) is 11.5 Å². The van der Waals surface area contributed by atoms with Crippen LogP contribution in [0.25, 0.3) is 0 Å². The average Bonchev–Trinajstić information content (AvgIpc) is 2.21. The minimum absolute atomic E-state index is 0.224. The highest BCUT2D eigenvalue weighted by molar-refractivity contribution is 5.52. The average molecular weight is 219 g/mol. The van der Waals surface area contributed by atoms with Crippen LogP contribution in [0.3, 0.4) is 0 Å². The maximum absolute atomic E-state index is 13.1. The number of ether oxygens (including phenoxy) is 1. The van der Waals surface area contributed by atoms with Crippen LogP contribution in [0.2, 0.25) is 0 Å². The van der Waals surface area contributed by atoms with Crippen molar-refractivity contribution >= 4 is 0 Å². The number of halogens is 2. The summed E-state index contributed by atoms with van der Waals surface area (Å²) in [5.74, 6) is -4.73. The summed E-state index contributed by atoms with van der Waals surface area (Å²) in [4.78, 5) is 0. The van der Waals surface area contributed by atoms with E-state index in [-0.39, 0.29) is 5.75 Å². The number of hydrogen-bond donors (Lipinski definition) is 3. The summed E-state index contributed by atoms with van der Waals surface area (Å²) in [6.45, 7) is -0.889. The van der Waals surface area contributed by atoms with E-state index in [0.29, 0.717) is 0 Å². The van der Waals surface area contributed by atoms with E-state index in [1.165, 1.54) is 7.11 Å². The lowest BCUT2D eigenvalue weighted by Gasteiger charge is -2.16. The Morgan fingerprint density at radius 1 is 1.40 bits per heavy atom. The highest BCUT2D eigenvalue weighted by Crippen LogP contribution is 2.40. The number of rotatable bonds is 3. The van der Waals surface area contributed by atoms with E-state index < -0.39 is 29.5 Å². The Morgan fingerprint density at radius 2 is 2.00 bits per heavy atom. The first-order chi connectivity index (χ1) is 6.92. The number of aromatic hydroxyl groups is 2. The van der Waals surface area contributed by atoms with E-state index in [0.717, 1.165) is 12.1 Å². The Bertz CT molecular complexity index is 369. The van der Waals surface area contributed by atoms with Gasteiger partial charge in [0.1, 0.15) is 0 Å². The molecular formula is C9H11F2NO3. The molecule has 4 N–H and O–H groups in total. The number of phenolic OH excluding ortho intramolecular Hbond substituents is 2. The molecule has 0 saturated carbocycles. The molecule has 0 saturated heterocycles. The third kappa shape index (κ3) is 2.10. The lowest BCUT2D eigenvalue weighted by Crippen LogP contribution is -2.25. The predicted octanol–water partition coefficient (Wildman–Crippen LogP) is 1.16. The highest BCUT2D eigenvalue weighted by atomic mass is 19.3. The molecule has 0 spiro atoms. The summed E-state index contributed by atoms with van der Waals surface area (Å²) in [5, 5.41) is 18.4. The lowest BCUT2D eigenvalue weighted by molar-refractivity contribution is 0.00548. The van der Waals surface area contributed by atoms with Gasteiger partial charge in [0.2, 0.25) is 5.75 Å². The zero-order valence-corrected chi connectivity index (χ0v) is 8.00. The van der Waals surface area contributed by atoms with Gasteiger partial charge in [0.25, 0.3) is 5.92 Å². The van der Waals surface area contributed by atoms with Gasteiger partial charge in [-0.15, -0.1) is 0 Å². The molecular weight excluding hydrogens is 208 g/mol. The molecule has 84 valence electrons. The molecule has 0 heterocycles. The minimum Gasteiger partial charge on any atom is -0.504 e. The quantitative estimate of drug-likeness (QED) is 0.667. The molecule has 0 aliphatic carbocycles. The minimum atomic E-state index is -3.27. The Morgan fingerprint density at radius 3 is 2.47 bits per heavy atom. The lowest BCUT2D eigenvalue weighted by atomic mass is 10.1. The van der Waals surface area contributed by atoms with Crippen LogP contribution in [0.15, 0.2) is 12.1 Å². The second kappa shape index (κ2) is 3.90. The molecule has 15 heavy (non-hydrogen) atoms. The standard InChI is InChI=1S/C9H11F2NO3/c1-15-7-3-5(9(10,11)4-12)2-6(13)8(7)14/h2-3,13-14H,4,12H2,1H3. The highest BCUT2D eigenvalue weighted by Gasteiger charge is 2.31. The van der Waals surface area contributed by atoms with Gasteiger partial charge in [0.05, 0.1) is 13.7 Å². The van der Waals surface area contributed by atoms with E-state index >= 15 is 0 Å². The van der Waals surface area contributed by atoms with Crippen molar-refractivity contribution in [3.8, 4) is 17.2 Å². The van der Waals surface area contributed by atoms with Crippen molar-refractivity contribution in [1.29, 1.82) is 0 Å². The van der Waals surface area contributed by atoms with Crippen molar-refractivity contribution in [3.63, 3.8) is 0 Å². The number of methoxy groups -OCH3 is 1. The zero-order valence-electron chi connectivity index (χ0n) is 8.00. The molecule has 0 unspecified atom stereocenters. The van der Waals surface area contributed by atoms with Gasteiger partial charge in [-0.3, -0.25) is 0 Å². The second-order valence-corrected chi connectivity index (χ2v) is 2.95. The fourth-order valence-corrected chi connectivity index (χ4v) is 1.08. The monoisotopic (exact) mass is 219 g/mol. The van der Waals surface area contributed by atoms with E-state index in [1.807, 2.05) is 0 Å². The summed E-state index contributed by atoms with van der Waals surface area (Å²) < 4.78 is 30.9. The van der Waals surface area contributed by atoms with Gasteiger partial charge in [-0.05, 0) is 12.1 Å². The SMILES string of the molecule is COc1cc(C(F)(F)CN)cc(O)c1O. The van der Waals surface area contributed by atoms with Crippen LogP contribution >= 0.6 is 0 Å². The van der Waals surface area contributed by atoms with Gasteiger partial charge >= 0.3 is 0 Å². The summed E-state index contributed by atoms with van der Waals surface area (Å²) >= 11 is 0. The Balaban J connectivity index is 3.28. The molecule has 4 nitrogen and oxygen atoms in total. The third-order valence-electron chi connectivity index (χ3n) is 1.95. The fraction of sp³-hybridized carbons (Fsp3) is 0.333. The van der Waals surface area contributed by atoms with Crippen molar-refractivity contribution in [2.75, 3.05) is 13.7 Å². The molecule has 6 heteroatoms. The van der Waals surface area contributed by atoms with Crippen LogP contribution in [0, 0.1) is 0 Å². The van der Waals surface area contributed by atoms with Gasteiger partial charge in [-0.1, -0.05) is 0 Å². The summed E-state index contributed by atoms with van der Waals surface area (Å²) in [5.41, 5.74) is 4.38. The van der Waals surface area contributed by atoms with Gasteiger partial charge < -0.3 is 20.7 Å². The predicted molar refractivity (Wildman–Crippen MR) is 49.3 cm³/mol. The molecule has 0 fully saturated rings. The molecule has 0 bridgehead atoms. The van der Waals surface area contributed by atoms with Crippen molar-refractivity contribution in [3.05, 3.63) is 17.7 Å². The van der Waals surface area contributed by atoms with Gasteiger partial charge in [-0.2, -0.15) is 8.78 Å². The topological polar surface area (TPSA) is 75.7 Å². The number of benzene rings is 1. The van der Waals surface area contributed by atoms with Crippen LogP contribution in [0.5, 0.6) is 17.2 Å². The normalized spacial score (nSPS) is 11.5. The first kappa shape index (κ1) is 11.5. The van der Waals surface area contributed by atoms with Gasteiger partial charge in [0, 0.05) is 5.56 Å². The molecule has 0 amide bonds. The Hall–Kier alpha value is -1.56. The van der Waals surface area contributed by atoms with Crippen LogP contribution in [-0.4, -0.2) is 23.9 Å². The Labute approximate surface area is 84.9 Å². The van der Waals surface area contributed by atoms with E-state index in [2.05, 4.69) is 4.74 Å². The van der Waals surface area contributed by atoms with E-state index in [4.69, 9.17) is 10.8 Å². The van der Waals surface area contributed by atoms with Crippen LogP contribution in [0.4, 0.5) is 8.78 Å². The largest absolute Gasteiger partial charge is 0.504 e. The van der Waals surface area contributed by atoms with Crippen LogP contribution < -0.4 is 10.5 Å². The maximum Gasteiger partial charge on any atom is 0.285 e. The van der Waals surface area contributed by atoms with Crippen molar-refractivity contribution in [2.24, 2.45) is 5.73 Å². The molecule has 0 aliphatic rings. The summed E-state index contributed by atoms with van der Waals surface area (Å²) in [7, 11) is 1.19. The molecule has 0 aromatic heterocycles. The molecule has 0 atom stereocenters. The fourth-order valence-electron chi connectivity index (χ4n) is 1.08. The number of hydrogen-bond acceptors (Lipinski definition) is 4. The first-order valence-corrected chi connectivity index (χ1v) is 4.10. The summed E-state index contributed by atoms with van der Waals surface area (Å²) in [6.07, 6.45) is 0. The molecule has 1 aromatic rings. The second-order valence-electron chi connectivity index (χ2n) is 2.95. The van der Waals surface area contributed by atoms with Crippen LogP contribution in [-0.2, 0) is 5.92 Å². The third-order valence-corrected chi connectivity index (χ3v) is 1.95. The molecule has 1 rings (SSSR count). The van der Waals surface area contributed by atoms with Crippen molar-refractivity contribution in [2.45, 2.75) is 5.92 Å². The maximum atomic E-state index is 13.1. The first-order valence-electron chi connectivity index (χ1n) is 4.10.